The summed E-state index contributed by atoms with van der Waals surface area (Å²) in [5, 5.41) is 14.9. The molecule has 7 heteroatoms. The van der Waals surface area contributed by atoms with Gasteiger partial charge in [0.1, 0.15) is 10.8 Å². The van der Waals surface area contributed by atoms with Gasteiger partial charge in [0.2, 0.25) is 0 Å². The number of aliphatic hydroxyl groups excluding tert-OH is 1. The summed E-state index contributed by atoms with van der Waals surface area (Å²) < 4.78 is 14.0. The number of amides is 2. The summed E-state index contributed by atoms with van der Waals surface area (Å²) in [6.07, 6.45) is 2.57. The molecule has 5 nitrogen and oxygen atoms in total. The van der Waals surface area contributed by atoms with Crippen LogP contribution >= 0.6 is 11.3 Å². The SMILES string of the molecule is CC(C)(C)[C@@H]1CCc2c(sc(NC(=O)c3ccccc3F)c2C(=O)NCCO)C1. The third-order valence-electron chi connectivity index (χ3n) is 5.46. The third kappa shape index (κ3) is 4.67. The monoisotopic (exact) mass is 418 g/mol. The number of aliphatic hydroxyl groups is 1. The van der Waals surface area contributed by atoms with Gasteiger partial charge in [-0.05, 0) is 48.3 Å². The van der Waals surface area contributed by atoms with E-state index in [1.54, 1.807) is 6.07 Å². The molecular formula is C22H27FN2O3S. The smallest absolute Gasteiger partial charge is 0.259 e. The highest BCUT2D eigenvalue weighted by atomic mass is 32.1. The highest BCUT2D eigenvalue weighted by Gasteiger charge is 2.34. The third-order valence-corrected chi connectivity index (χ3v) is 6.63. The molecule has 0 radical (unpaired) electrons. The summed E-state index contributed by atoms with van der Waals surface area (Å²) in [4.78, 5) is 26.5. The maximum absolute atomic E-state index is 14.0. The van der Waals surface area contributed by atoms with Crippen LogP contribution in [0.1, 0.15) is 58.3 Å². The molecule has 0 saturated carbocycles. The van der Waals surface area contributed by atoms with Crippen LogP contribution in [0.25, 0.3) is 0 Å². The number of thiophene rings is 1. The fraction of sp³-hybridized carbons (Fsp3) is 0.455. The van der Waals surface area contributed by atoms with Crippen LogP contribution in [0.2, 0.25) is 0 Å². The van der Waals surface area contributed by atoms with Crippen LogP contribution in [-0.2, 0) is 12.8 Å². The molecule has 2 amide bonds. The summed E-state index contributed by atoms with van der Waals surface area (Å²) in [7, 11) is 0. The molecule has 0 bridgehead atoms. The Hall–Kier alpha value is -2.25. The van der Waals surface area contributed by atoms with Crippen molar-refractivity contribution in [2.45, 2.75) is 40.0 Å². The molecule has 1 aliphatic rings. The van der Waals surface area contributed by atoms with Crippen LogP contribution in [0, 0.1) is 17.2 Å². The maximum atomic E-state index is 14.0. The van der Waals surface area contributed by atoms with Gasteiger partial charge < -0.3 is 15.7 Å². The Labute approximate surface area is 174 Å². The second kappa shape index (κ2) is 8.63. The van der Waals surface area contributed by atoms with Gasteiger partial charge in [-0.1, -0.05) is 32.9 Å². The number of nitrogens with one attached hydrogen (secondary N) is 2. The molecule has 0 unspecified atom stereocenters. The van der Waals surface area contributed by atoms with Crippen LogP contribution in [-0.4, -0.2) is 30.1 Å². The first-order chi connectivity index (χ1) is 13.7. The zero-order valence-corrected chi connectivity index (χ0v) is 17.8. The molecule has 0 spiro atoms. The molecule has 3 N–H and O–H groups in total. The zero-order valence-electron chi connectivity index (χ0n) is 17.0. The Balaban J connectivity index is 1.95. The van der Waals surface area contributed by atoms with Gasteiger partial charge in [-0.3, -0.25) is 9.59 Å². The first-order valence-electron chi connectivity index (χ1n) is 9.81. The topological polar surface area (TPSA) is 78.4 Å². The predicted octanol–water partition coefficient (Wildman–Crippen LogP) is 4.01. The molecule has 3 rings (SSSR count). The highest BCUT2D eigenvalue weighted by molar-refractivity contribution is 7.17. The number of hydrogen-bond acceptors (Lipinski definition) is 4. The van der Waals surface area contributed by atoms with Crippen LogP contribution in [0.3, 0.4) is 0 Å². The fourth-order valence-corrected chi connectivity index (χ4v) is 5.05. The number of benzene rings is 1. The van der Waals surface area contributed by atoms with E-state index in [4.69, 9.17) is 5.11 Å². The molecule has 1 aliphatic carbocycles. The second-order valence-corrected chi connectivity index (χ2v) is 9.53. The van der Waals surface area contributed by atoms with Crippen LogP contribution in [0.4, 0.5) is 9.39 Å². The number of carbonyl (C=O) groups is 2. The molecule has 2 aromatic rings. The number of carbonyl (C=O) groups excluding carboxylic acids is 2. The quantitative estimate of drug-likeness (QED) is 0.686. The van der Waals surface area contributed by atoms with E-state index < -0.39 is 11.7 Å². The normalized spacial score (nSPS) is 16.2. The van der Waals surface area contributed by atoms with E-state index in [9.17, 15) is 14.0 Å². The Kier molecular flexibility index (Phi) is 6.39. The Bertz CT molecular complexity index is 917. The fourth-order valence-electron chi connectivity index (χ4n) is 3.73. The summed E-state index contributed by atoms with van der Waals surface area (Å²) in [6.45, 7) is 6.61. The van der Waals surface area contributed by atoms with Crippen molar-refractivity contribution in [2.24, 2.45) is 11.3 Å². The van der Waals surface area contributed by atoms with Crippen molar-refractivity contribution >= 4 is 28.2 Å². The Morgan fingerprint density at radius 3 is 2.62 bits per heavy atom. The Morgan fingerprint density at radius 2 is 1.97 bits per heavy atom. The summed E-state index contributed by atoms with van der Waals surface area (Å²) in [5.74, 6) is -1.03. The van der Waals surface area contributed by atoms with Crippen LogP contribution in [0.15, 0.2) is 24.3 Å². The number of anilines is 1. The van der Waals surface area contributed by atoms with Gasteiger partial charge in [0.05, 0.1) is 17.7 Å². The number of rotatable bonds is 5. The van der Waals surface area contributed by atoms with Crippen molar-refractivity contribution in [3.8, 4) is 0 Å². The zero-order chi connectivity index (χ0) is 21.2. The number of fused-ring (bicyclic) bond motifs is 1. The largest absolute Gasteiger partial charge is 0.395 e. The van der Waals surface area contributed by atoms with Gasteiger partial charge in [-0.25, -0.2) is 4.39 Å². The van der Waals surface area contributed by atoms with Gasteiger partial charge in [-0.15, -0.1) is 11.3 Å². The van der Waals surface area contributed by atoms with E-state index >= 15 is 0 Å². The lowest BCUT2D eigenvalue weighted by Gasteiger charge is -2.33. The summed E-state index contributed by atoms with van der Waals surface area (Å²) in [6, 6.07) is 5.77. The van der Waals surface area contributed by atoms with E-state index in [0.717, 1.165) is 29.7 Å². The van der Waals surface area contributed by atoms with E-state index in [2.05, 4.69) is 31.4 Å². The molecule has 0 saturated heterocycles. The standard InChI is InChI=1S/C22H27FN2O3S/c1-22(2,3)13-8-9-15-17(12-13)29-21(18(15)20(28)24-10-11-26)25-19(27)14-6-4-5-7-16(14)23/h4-7,13,26H,8-12H2,1-3H3,(H,24,28)(H,25,27)/t13-/m1/s1. The molecule has 1 heterocycles. The van der Waals surface area contributed by atoms with Gasteiger partial charge in [-0.2, -0.15) is 0 Å². The average molecular weight is 419 g/mol. The molecule has 0 fully saturated rings. The predicted molar refractivity (Wildman–Crippen MR) is 113 cm³/mol. The molecular weight excluding hydrogens is 391 g/mol. The molecule has 29 heavy (non-hydrogen) atoms. The van der Waals surface area contributed by atoms with Crippen LogP contribution < -0.4 is 10.6 Å². The molecule has 156 valence electrons. The van der Waals surface area contributed by atoms with Crippen molar-refractivity contribution in [3.63, 3.8) is 0 Å². The van der Waals surface area contributed by atoms with Crippen molar-refractivity contribution in [1.29, 1.82) is 0 Å². The number of hydrogen-bond donors (Lipinski definition) is 3. The van der Waals surface area contributed by atoms with Gasteiger partial charge in [0, 0.05) is 11.4 Å². The lowest BCUT2D eigenvalue weighted by Crippen LogP contribution is -2.30. The molecule has 1 aromatic carbocycles. The first-order valence-corrected chi connectivity index (χ1v) is 10.6. The molecule has 1 atom stereocenters. The van der Waals surface area contributed by atoms with Crippen LogP contribution in [0.5, 0.6) is 0 Å². The summed E-state index contributed by atoms with van der Waals surface area (Å²) >= 11 is 1.39. The molecule has 1 aromatic heterocycles. The maximum Gasteiger partial charge on any atom is 0.259 e. The van der Waals surface area contributed by atoms with E-state index in [0.29, 0.717) is 16.5 Å². The van der Waals surface area contributed by atoms with Crippen molar-refractivity contribution in [3.05, 3.63) is 51.7 Å². The van der Waals surface area contributed by atoms with Crippen molar-refractivity contribution in [2.75, 3.05) is 18.5 Å². The summed E-state index contributed by atoms with van der Waals surface area (Å²) in [5.41, 5.74) is 1.48. The minimum atomic E-state index is -0.606. The highest BCUT2D eigenvalue weighted by Crippen LogP contribution is 2.44. The lowest BCUT2D eigenvalue weighted by molar-refractivity contribution is 0.0944. The minimum Gasteiger partial charge on any atom is -0.395 e. The lowest BCUT2D eigenvalue weighted by atomic mass is 9.72. The first kappa shape index (κ1) is 21.5. The van der Waals surface area contributed by atoms with E-state index in [-0.39, 0.29) is 30.0 Å². The average Bonchev–Trinajstić information content (AvgIpc) is 3.02. The van der Waals surface area contributed by atoms with Gasteiger partial charge in [0.15, 0.2) is 0 Å². The second-order valence-electron chi connectivity index (χ2n) is 8.43. The van der Waals surface area contributed by atoms with E-state index in [1.807, 2.05) is 0 Å². The van der Waals surface area contributed by atoms with E-state index in [1.165, 1.54) is 29.5 Å². The van der Waals surface area contributed by atoms with Gasteiger partial charge in [0.25, 0.3) is 11.8 Å². The Morgan fingerprint density at radius 1 is 1.24 bits per heavy atom. The van der Waals surface area contributed by atoms with Crippen molar-refractivity contribution < 1.29 is 19.1 Å². The minimum absolute atomic E-state index is 0.0619. The number of halogens is 1. The van der Waals surface area contributed by atoms with Gasteiger partial charge >= 0.3 is 0 Å². The molecule has 0 aliphatic heterocycles. The van der Waals surface area contributed by atoms with Crippen molar-refractivity contribution in [1.82, 2.24) is 5.32 Å².